The van der Waals surface area contributed by atoms with Gasteiger partial charge >= 0.3 is 12.1 Å². The Morgan fingerprint density at radius 1 is 1.04 bits per heavy atom. The number of hydrogen-bond donors (Lipinski definition) is 0. The minimum Gasteiger partial charge on any atom is -0.458 e. The molecule has 0 saturated carbocycles. The third-order valence-corrected chi connectivity index (χ3v) is 3.35. The van der Waals surface area contributed by atoms with Crippen molar-refractivity contribution < 1.29 is 27.4 Å². The summed E-state index contributed by atoms with van der Waals surface area (Å²) in [5.41, 5.74) is -0.389. The smallest absolute Gasteiger partial charge is 0.416 e. The monoisotopic (exact) mass is 372 g/mol. The summed E-state index contributed by atoms with van der Waals surface area (Å²) >= 11 is 0. The van der Waals surface area contributed by atoms with Crippen molar-refractivity contribution in [1.29, 1.82) is 0 Å². The second-order valence-corrected chi connectivity index (χ2v) is 7.01. The minimum absolute atomic E-state index is 0.0366. The molecule has 0 aliphatic carbocycles. The predicted octanol–water partition coefficient (Wildman–Crippen LogP) is 5.64. The van der Waals surface area contributed by atoms with Crippen LogP contribution < -0.4 is 0 Å². The van der Waals surface area contributed by atoms with Crippen LogP contribution in [0.25, 0.3) is 6.08 Å². The molecule has 0 aromatic heterocycles. The van der Waals surface area contributed by atoms with E-state index in [1.54, 1.807) is 0 Å². The van der Waals surface area contributed by atoms with Gasteiger partial charge in [-0.3, -0.25) is 0 Å². The molecule has 0 atom stereocenters. The summed E-state index contributed by atoms with van der Waals surface area (Å²) in [5, 5.41) is 0. The van der Waals surface area contributed by atoms with Crippen LogP contribution >= 0.6 is 0 Å². The van der Waals surface area contributed by atoms with E-state index < -0.39 is 17.3 Å². The maximum atomic E-state index is 12.5. The summed E-state index contributed by atoms with van der Waals surface area (Å²) in [6, 6.07) is 5.09. The average Bonchev–Trinajstić information content (AvgIpc) is 2.51. The molecule has 0 N–H and O–H groups in total. The number of rotatable bonds is 9. The van der Waals surface area contributed by atoms with Crippen molar-refractivity contribution in [2.24, 2.45) is 0 Å². The molecule has 0 amide bonds. The highest BCUT2D eigenvalue weighted by atomic mass is 19.4. The number of carbonyl (C=O) groups is 1. The Kier molecular flexibility index (Phi) is 8.85. The van der Waals surface area contributed by atoms with Crippen molar-refractivity contribution in [3.05, 3.63) is 41.5 Å². The first-order chi connectivity index (χ1) is 12.1. The molecule has 1 aromatic rings. The molecule has 0 spiro atoms. The number of unbranched alkanes of at least 4 members (excludes halogenated alkanes) is 3. The van der Waals surface area contributed by atoms with Crippen LogP contribution in [-0.4, -0.2) is 24.8 Å². The Morgan fingerprint density at radius 2 is 1.69 bits per heavy atom. The molecule has 1 rings (SSSR count). The van der Waals surface area contributed by atoms with Gasteiger partial charge in [-0.1, -0.05) is 30.7 Å². The van der Waals surface area contributed by atoms with E-state index in [9.17, 15) is 18.0 Å². The van der Waals surface area contributed by atoms with Gasteiger partial charge in [-0.05, 0) is 57.7 Å². The van der Waals surface area contributed by atoms with E-state index >= 15 is 0 Å². The molecular formula is C20H27F3O3. The summed E-state index contributed by atoms with van der Waals surface area (Å²) in [5.74, 6) is -0.364. The number of esters is 1. The van der Waals surface area contributed by atoms with Crippen LogP contribution in [0, 0.1) is 0 Å². The first-order valence-electron chi connectivity index (χ1n) is 8.71. The van der Waals surface area contributed by atoms with Crippen molar-refractivity contribution >= 4 is 12.0 Å². The fourth-order valence-corrected chi connectivity index (χ4v) is 2.17. The summed E-state index contributed by atoms with van der Waals surface area (Å²) in [6.45, 7) is 5.89. The van der Waals surface area contributed by atoms with Gasteiger partial charge in [0.15, 0.2) is 0 Å². The number of alkyl halides is 3. The molecular weight excluding hydrogens is 345 g/mol. The molecule has 0 fully saturated rings. The number of ether oxygens (including phenoxy) is 2. The fraction of sp³-hybridized carbons (Fsp3) is 0.550. The Labute approximate surface area is 153 Å². The van der Waals surface area contributed by atoms with Crippen LogP contribution in [0.15, 0.2) is 30.3 Å². The van der Waals surface area contributed by atoms with E-state index in [1.165, 1.54) is 12.1 Å². The second kappa shape index (κ2) is 10.4. The van der Waals surface area contributed by atoms with E-state index in [-0.39, 0.29) is 12.6 Å². The van der Waals surface area contributed by atoms with E-state index in [0.29, 0.717) is 6.61 Å². The molecule has 26 heavy (non-hydrogen) atoms. The average molecular weight is 372 g/mol. The molecule has 0 radical (unpaired) electrons. The number of carbonyl (C=O) groups excluding carboxylic acids is 1. The highest BCUT2D eigenvalue weighted by Gasteiger charge is 2.29. The highest BCUT2D eigenvalue weighted by molar-refractivity contribution is 5.71. The lowest BCUT2D eigenvalue weighted by Gasteiger charge is -2.19. The number of allylic oxidation sites excluding steroid dienone is 1. The van der Waals surface area contributed by atoms with Gasteiger partial charge in [0.05, 0.1) is 5.56 Å². The molecule has 3 nitrogen and oxygen atoms in total. The predicted molar refractivity (Wildman–Crippen MR) is 95.6 cm³/mol. The SMILES string of the molecule is CC(C)(C)OC(=O)COCCCCCC=Cc1ccc(C(F)(F)F)cc1. The quantitative estimate of drug-likeness (QED) is 0.416. The van der Waals surface area contributed by atoms with Crippen molar-refractivity contribution in [1.82, 2.24) is 0 Å². The lowest BCUT2D eigenvalue weighted by atomic mass is 10.1. The van der Waals surface area contributed by atoms with Gasteiger partial charge in [0.25, 0.3) is 0 Å². The van der Waals surface area contributed by atoms with E-state index in [4.69, 9.17) is 9.47 Å². The Hall–Kier alpha value is -1.82. The van der Waals surface area contributed by atoms with Gasteiger partial charge in [-0.15, -0.1) is 0 Å². The number of benzene rings is 1. The summed E-state index contributed by atoms with van der Waals surface area (Å²) in [4.78, 5) is 11.4. The zero-order valence-corrected chi connectivity index (χ0v) is 15.6. The number of halogens is 3. The van der Waals surface area contributed by atoms with Crippen molar-refractivity contribution in [3.8, 4) is 0 Å². The van der Waals surface area contributed by atoms with Crippen LogP contribution in [0.4, 0.5) is 13.2 Å². The Morgan fingerprint density at radius 3 is 2.27 bits per heavy atom. The number of hydrogen-bond acceptors (Lipinski definition) is 3. The zero-order chi connectivity index (χ0) is 19.6. The van der Waals surface area contributed by atoms with Crippen LogP contribution in [0.3, 0.4) is 0 Å². The molecule has 6 heteroatoms. The largest absolute Gasteiger partial charge is 0.458 e. The van der Waals surface area contributed by atoms with Gasteiger partial charge in [-0.25, -0.2) is 4.79 Å². The normalized spacial score (nSPS) is 12.5. The standard InChI is InChI=1S/C20H27F3O3/c1-19(2,3)26-18(24)15-25-14-8-6-4-5-7-9-16-10-12-17(13-11-16)20(21,22)23/h7,9-13H,4-6,8,14-15H2,1-3H3. The van der Waals surface area contributed by atoms with E-state index in [2.05, 4.69) is 0 Å². The first-order valence-corrected chi connectivity index (χ1v) is 8.71. The van der Waals surface area contributed by atoms with Crippen molar-refractivity contribution in [2.45, 2.75) is 58.2 Å². The Balaban J connectivity index is 2.10. The molecule has 0 bridgehead atoms. The van der Waals surface area contributed by atoms with Gasteiger partial charge in [0.2, 0.25) is 0 Å². The lowest BCUT2D eigenvalue weighted by molar-refractivity contribution is -0.160. The topological polar surface area (TPSA) is 35.5 Å². The van der Waals surface area contributed by atoms with Gasteiger partial charge < -0.3 is 9.47 Å². The van der Waals surface area contributed by atoms with Crippen LogP contribution in [-0.2, 0) is 20.4 Å². The zero-order valence-electron chi connectivity index (χ0n) is 15.6. The molecule has 1 aromatic carbocycles. The molecule has 146 valence electrons. The van der Waals surface area contributed by atoms with Crippen molar-refractivity contribution in [3.63, 3.8) is 0 Å². The molecule has 0 heterocycles. The minimum atomic E-state index is -4.30. The summed E-state index contributed by atoms with van der Waals surface area (Å²) in [7, 11) is 0. The van der Waals surface area contributed by atoms with Gasteiger partial charge in [-0.2, -0.15) is 13.2 Å². The second-order valence-electron chi connectivity index (χ2n) is 7.01. The van der Waals surface area contributed by atoms with Crippen LogP contribution in [0.1, 0.15) is 57.6 Å². The van der Waals surface area contributed by atoms with Crippen molar-refractivity contribution in [2.75, 3.05) is 13.2 Å². The summed E-state index contributed by atoms with van der Waals surface area (Å²) < 4.78 is 47.8. The molecule has 0 unspecified atom stereocenters. The third kappa shape index (κ3) is 10.2. The van der Waals surface area contributed by atoms with Gasteiger partial charge in [0, 0.05) is 6.61 Å². The maximum Gasteiger partial charge on any atom is 0.416 e. The highest BCUT2D eigenvalue weighted by Crippen LogP contribution is 2.29. The maximum absolute atomic E-state index is 12.5. The Bertz CT molecular complexity index is 569. The van der Waals surface area contributed by atoms with E-state index in [0.717, 1.165) is 43.4 Å². The molecule has 0 aliphatic heterocycles. The lowest BCUT2D eigenvalue weighted by Crippen LogP contribution is -2.26. The van der Waals surface area contributed by atoms with Crippen LogP contribution in [0.2, 0.25) is 0 Å². The van der Waals surface area contributed by atoms with Gasteiger partial charge in [0.1, 0.15) is 12.2 Å². The fourth-order valence-electron chi connectivity index (χ4n) is 2.17. The van der Waals surface area contributed by atoms with Crippen LogP contribution in [0.5, 0.6) is 0 Å². The summed E-state index contributed by atoms with van der Waals surface area (Å²) in [6.07, 6.45) is 3.06. The van der Waals surface area contributed by atoms with E-state index in [1.807, 2.05) is 32.9 Å². The first kappa shape index (κ1) is 22.2. The molecule has 0 aliphatic rings. The molecule has 0 saturated heterocycles. The third-order valence-electron chi connectivity index (χ3n) is 3.35.